The Hall–Kier alpha value is -2.68. The lowest BCUT2D eigenvalue weighted by Crippen LogP contribution is -2.25. The summed E-state index contributed by atoms with van der Waals surface area (Å²) in [5.74, 6) is -1.52. The van der Waals surface area contributed by atoms with Crippen molar-refractivity contribution >= 4 is 28.2 Å². The summed E-state index contributed by atoms with van der Waals surface area (Å²) in [6.07, 6.45) is -0.196. The van der Waals surface area contributed by atoms with Crippen LogP contribution in [0.5, 0.6) is 0 Å². The van der Waals surface area contributed by atoms with E-state index in [4.69, 9.17) is 5.11 Å². The highest BCUT2D eigenvalue weighted by Crippen LogP contribution is 2.26. The van der Waals surface area contributed by atoms with Gasteiger partial charge in [-0.05, 0) is 18.6 Å². The Labute approximate surface area is 121 Å². The van der Waals surface area contributed by atoms with Crippen molar-refractivity contribution in [2.24, 2.45) is 0 Å². The molecule has 0 bridgehead atoms. The molecule has 0 aliphatic carbocycles. The first-order valence-corrected chi connectivity index (χ1v) is 6.63. The van der Waals surface area contributed by atoms with E-state index in [1.54, 1.807) is 13.0 Å². The van der Waals surface area contributed by atoms with Crippen LogP contribution in [0.25, 0.3) is 0 Å². The highest BCUT2D eigenvalue weighted by Gasteiger charge is 2.14. The molecule has 0 fully saturated rings. The van der Waals surface area contributed by atoms with Crippen molar-refractivity contribution < 1.29 is 14.7 Å². The molecule has 1 amide bonds. The minimum absolute atomic E-state index is 0.148. The highest BCUT2D eigenvalue weighted by atomic mass is 32.1. The third-order valence-corrected chi connectivity index (χ3v) is 3.68. The van der Waals surface area contributed by atoms with Gasteiger partial charge in [-0.2, -0.15) is 0 Å². The lowest BCUT2D eigenvalue weighted by Gasteiger charge is -2.01. The average Bonchev–Trinajstić information content (AvgIpc) is 2.68. The van der Waals surface area contributed by atoms with Crippen LogP contribution in [0.15, 0.2) is 21.7 Å². The van der Waals surface area contributed by atoms with Gasteiger partial charge >= 0.3 is 11.7 Å². The van der Waals surface area contributed by atoms with E-state index in [9.17, 15) is 19.2 Å². The fraction of sp³-hybridized carbons (Fsp3) is 0.167. The Kier molecular flexibility index (Phi) is 4.03. The molecule has 0 aliphatic heterocycles. The number of carboxylic acid groups (broad SMARTS) is 1. The number of nitrogens with one attached hydrogen (secondary N) is 3. The van der Waals surface area contributed by atoms with Gasteiger partial charge in [0.1, 0.15) is 4.88 Å². The molecule has 0 spiro atoms. The summed E-state index contributed by atoms with van der Waals surface area (Å²) in [5, 5.41) is 11.8. The molecule has 0 atom stereocenters. The van der Waals surface area contributed by atoms with Crippen LogP contribution in [0.4, 0.5) is 5.00 Å². The number of thiophene rings is 1. The second kappa shape index (κ2) is 5.75. The van der Waals surface area contributed by atoms with Gasteiger partial charge in [0.2, 0.25) is 5.91 Å². The summed E-state index contributed by atoms with van der Waals surface area (Å²) in [7, 11) is 0. The summed E-state index contributed by atoms with van der Waals surface area (Å²) < 4.78 is 0. The van der Waals surface area contributed by atoms with E-state index >= 15 is 0 Å². The molecule has 2 aromatic rings. The van der Waals surface area contributed by atoms with Crippen molar-refractivity contribution in [2.75, 3.05) is 5.32 Å². The molecule has 0 aromatic carbocycles. The zero-order chi connectivity index (χ0) is 15.6. The molecule has 0 aliphatic rings. The second-order valence-corrected chi connectivity index (χ2v) is 5.32. The maximum atomic E-state index is 11.8. The van der Waals surface area contributed by atoms with Crippen LogP contribution >= 0.6 is 11.3 Å². The number of aryl methyl sites for hydroxylation is 1. The molecule has 2 heterocycles. The standard InChI is InChI=1S/C12H11N3O5S/c1-5-2-9(21-10(5)11(18)19)14-7(16)3-6-4-8(17)15-12(20)13-6/h2,4H,3H2,1H3,(H,14,16)(H,18,19)(H2,13,15,17,20). The fourth-order valence-corrected chi connectivity index (χ4v) is 2.65. The van der Waals surface area contributed by atoms with Gasteiger partial charge in [0.25, 0.3) is 5.56 Å². The molecule has 0 saturated heterocycles. The molecule has 2 rings (SSSR count). The molecule has 0 saturated carbocycles. The van der Waals surface area contributed by atoms with Crippen LogP contribution in [-0.2, 0) is 11.2 Å². The van der Waals surface area contributed by atoms with Gasteiger partial charge in [0, 0.05) is 11.8 Å². The largest absolute Gasteiger partial charge is 0.477 e. The molecular formula is C12H11N3O5S. The zero-order valence-electron chi connectivity index (χ0n) is 10.9. The van der Waals surface area contributed by atoms with Crippen molar-refractivity contribution in [3.63, 3.8) is 0 Å². The van der Waals surface area contributed by atoms with Gasteiger partial charge in [-0.1, -0.05) is 0 Å². The first-order valence-electron chi connectivity index (χ1n) is 5.81. The fourth-order valence-electron chi connectivity index (χ4n) is 1.73. The number of aromatic amines is 2. The van der Waals surface area contributed by atoms with Crippen molar-refractivity contribution in [3.05, 3.63) is 49.1 Å². The van der Waals surface area contributed by atoms with E-state index in [-0.39, 0.29) is 17.0 Å². The number of carbonyl (C=O) groups excluding carboxylic acids is 1. The molecule has 9 heteroatoms. The Balaban J connectivity index is 2.11. The number of hydrogen-bond acceptors (Lipinski definition) is 5. The monoisotopic (exact) mass is 309 g/mol. The number of hydrogen-bond donors (Lipinski definition) is 4. The van der Waals surface area contributed by atoms with Crippen LogP contribution in [-0.4, -0.2) is 27.0 Å². The topological polar surface area (TPSA) is 132 Å². The van der Waals surface area contributed by atoms with Crippen molar-refractivity contribution in [1.82, 2.24) is 9.97 Å². The Morgan fingerprint density at radius 2 is 2.00 bits per heavy atom. The summed E-state index contributed by atoms with van der Waals surface area (Å²) in [6, 6.07) is 2.66. The third kappa shape index (κ3) is 3.66. The summed E-state index contributed by atoms with van der Waals surface area (Å²) in [6.45, 7) is 1.63. The van der Waals surface area contributed by atoms with Gasteiger partial charge in [0.05, 0.1) is 11.4 Å². The van der Waals surface area contributed by atoms with Gasteiger partial charge < -0.3 is 15.4 Å². The lowest BCUT2D eigenvalue weighted by atomic mass is 10.2. The van der Waals surface area contributed by atoms with Crippen LogP contribution in [0, 0.1) is 6.92 Å². The average molecular weight is 309 g/mol. The number of anilines is 1. The Bertz CT molecular complexity index is 789. The second-order valence-electron chi connectivity index (χ2n) is 4.27. The van der Waals surface area contributed by atoms with E-state index in [2.05, 4.69) is 10.3 Å². The van der Waals surface area contributed by atoms with Crippen LogP contribution in [0.1, 0.15) is 20.9 Å². The predicted molar refractivity (Wildman–Crippen MR) is 76.0 cm³/mol. The first kappa shape index (κ1) is 14.7. The van der Waals surface area contributed by atoms with Crippen molar-refractivity contribution in [3.8, 4) is 0 Å². The van der Waals surface area contributed by atoms with Gasteiger partial charge in [-0.15, -0.1) is 11.3 Å². The maximum Gasteiger partial charge on any atom is 0.346 e. The Morgan fingerprint density at radius 3 is 2.57 bits per heavy atom. The van der Waals surface area contributed by atoms with Gasteiger partial charge in [-0.3, -0.25) is 14.6 Å². The maximum absolute atomic E-state index is 11.8. The number of aromatic nitrogens is 2. The van der Waals surface area contributed by atoms with Crippen molar-refractivity contribution in [2.45, 2.75) is 13.3 Å². The summed E-state index contributed by atoms with van der Waals surface area (Å²) in [4.78, 5) is 49.4. The Morgan fingerprint density at radius 1 is 1.29 bits per heavy atom. The first-order chi connectivity index (χ1) is 9.85. The molecule has 4 N–H and O–H groups in total. The third-order valence-electron chi connectivity index (χ3n) is 2.54. The zero-order valence-corrected chi connectivity index (χ0v) is 11.7. The number of carbonyl (C=O) groups is 2. The minimum Gasteiger partial charge on any atom is -0.477 e. The normalized spacial score (nSPS) is 10.3. The highest BCUT2D eigenvalue weighted by molar-refractivity contribution is 7.18. The number of amides is 1. The van der Waals surface area contributed by atoms with Crippen molar-refractivity contribution in [1.29, 1.82) is 0 Å². The van der Waals surface area contributed by atoms with Gasteiger partial charge in [-0.25, -0.2) is 9.59 Å². The molecule has 110 valence electrons. The minimum atomic E-state index is -1.06. The molecule has 0 radical (unpaired) electrons. The number of rotatable bonds is 4. The summed E-state index contributed by atoms with van der Waals surface area (Å²) in [5.41, 5.74) is -0.563. The van der Waals surface area contributed by atoms with E-state index < -0.39 is 23.1 Å². The smallest absolute Gasteiger partial charge is 0.346 e. The number of H-pyrrole nitrogens is 2. The van der Waals surface area contributed by atoms with E-state index in [1.807, 2.05) is 4.98 Å². The predicted octanol–water partition coefficient (Wildman–Crippen LogP) is 0.313. The number of carboxylic acids is 1. The quantitative estimate of drug-likeness (QED) is 0.645. The molecule has 8 nitrogen and oxygen atoms in total. The molecule has 21 heavy (non-hydrogen) atoms. The molecule has 2 aromatic heterocycles. The summed E-state index contributed by atoms with van der Waals surface area (Å²) >= 11 is 0.941. The lowest BCUT2D eigenvalue weighted by molar-refractivity contribution is -0.115. The van der Waals surface area contributed by atoms with Crippen LogP contribution in [0.2, 0.25) is 0 Å². The van der Waals surface area contributed by atoms with E-state index in [1.165, 1.54) is 0 Å². The van der Waals surface area contributed by atoms with E-state index in [0.29, 0.717) is 10.6 Å². The molecular weight excluding hydrogens is 298 g/mol. The molecule has 0 unspecified atom stereocenters. The van der Waals surface area contributed by atoms with Crippen LogP contribution < -0.4 is 16.6 Å². The number of aromatic carboxylic acids is 1. The van der Waals surface area contributed by atoms with Gasteiger partial charge in [0.15, 0.2) is 0 Å². The van der Waals surface area contributed by atoms with Crippen LogP contribution in [0.3, 0.4) is 0 Å². The van der Waals surface area contributed by atoms with E-state index in [0.717, 1.165) is 17.4 Å². The SMILES string of the molecule is Cc1cc(NC(=O)Cc2cc(=O)[nH]c(=O)[nH]2)sc1C(=O)O.